The number of hydrogen-bond donors (Lipinski definition) is 1. The third-order valence-electron chi connectivity index (χ3n) is 8.34. The van der Waals surface area contributed by atoms with E-state index in [0.717, 1.165) is 38.4 Å². The average molecular weight is 403 g/mol. The van der Waals surface area contributed by atoms with Gasteiger partial charge in [0.2, 0.25) is 0 Å². The molecule has 0 radical (unpaired) electrons. The average Bonchev–Trinajstić information content (AvgIpc) is 2.89. The van der Waals surface area contributed by atoms with Gasteiger partial charge in [0.05, 0.1) is 12.2 Å². The van der Waals surface area contributed by atoms with Crippen molar-refractivity contribution < 1.29 is 14.3 Å². The molecular weight excluding hydrogens is 364 g/mol. The van der Waals surface area contributed by atoms with Gasteiger partial charge in [-0.15, -0.1) is 0 Å². The zero-order chi connectivity index (χ0) is 20.8. The van der Waals surface area contributed by atoms with Crippen molar-refractivity contribution in [1.29, 1.82) is 0 Å². The molecule has 1 N–H and O–H groups in total. The molecule has 1 aromatic rings. The fraction of sp³-hybridized carbons (Fsp3) is 0.708. The van der Waals surface area contributed by atoms with Crippen LogP contribution in [0.5, 0.6) is 0 Å². The Hall–Kier alpha value is -0.973. The van der Waals surface area contributed by atoms with Crippen LogP contribution in [0.15, 0.2) is 24.3 Å². The minimum atomic E-state index is -1.77. The van der Waals surface area contributed by atoms with Crippen LogP contribution in [0.3, 0.4) is 0 Å². The van der Waals surface area contributed by atoms with E-state index in [0.29, 0.717) is 12.5 Å². The van der Waals surface area contributed by atoms with Crippen LogP contribution in [0.4, 0.5) is 0 Å². The van der Waals surface area contributed by atoms with E-state index >= 15 is 0 Å². The van der Waals surface area contributed by atoms with E-state index in [9.17, 15) is 9.90 Å². The number of carbonyl (C=O) groups excluding carboxylic acids is 1. The van der Waals surface area contributed by atoms with Crippen molar-refractivity contribution in [3.05, 3.63) is 35.4 Å². The number of carbonyl (C=O) groups is 1. The molecule has 2 aliphatic carbocycles. The lowest BCUT2D eigenvalue weighted by atomic mass is 9.59. The van der Waals surface area contributed by atoms with Crippen molar-refractivity contribution in [2.24, 2.45) is 11.3 Å². The fourth-order valence-electron chi connectivity index (χ4n) is 5.00. The second-order valence-corrected chi connectivity index (χ2v) is 15.8. The molecule has 4 atom stereocenters. The van der Waals surface area contributed by atoms with Crippen LogP contribution in [-0.4, -0.2) is 25.3 Å². The monoisotopic (exact) mass is 402 g/mol. The molecule has 28 heavy (non-hydrogen) atoms. The number of aldehydes is 1. The highest BCUT2D eigenvalue weighted by atomic mass is 28.4. The second-order valence-electron chi connectivity index (χ2n) is 11.0. The van der Waals surface area contributed by atoms with Crippen LogP contribution in [0, 0.1) is 11.3 Å². The molecule has 0 saturated heterocycles. The summed E-state index contributed by atoms with van der Waals surface area (Å²) in [7, 11) is -1.77. The van der Waals surface area contributed by atoms with Gasteiger partial charge < -0.3 is 14.3 Å². The third-order valence-corrected chi connectivity index (χ3v) is 12.8. The zero-order valence-electron chi connectivity index (χ0n) is 18.5. The highest BCUT2D eigenvalue weighted by molar-refractivity contribution is 6.74. The van der Waals surface area contributed by atoms with Gasteiger partial charge in [-0.3, -0.25) is 0 Å². The summed E-state index contributed by atoms with van der Waals surface area (Å²) in [4.78, 5) is 11.5. The Labute approximate surface area is 172 Å². The van der Waals surface area contributed by atoms with Crippen molar-refractivity contribution >= 4 is 14.6 Å². The first-order valence-electron chi connectivity index (χ1n) is 10.8. The van der Waals surface area contributed by atoms with Gasteiger partial charge in [0.1, 0.15) is 6.29 Å². The van der Waals surface area contributed by atoms with Crippen LogP contribution in [-0.2, 0) is 15.8 Å². The van der Waals surface area contributed by atoms with E-state index < -0.39 is 13.9 Å². The molecule has 3 nitrogen and oxygen atoms in total. The summed E-state index contributed by atoms with van der Waals surface area (Å²) in [5.41, 5.74) is 1.56. The molecule has 2 fully saturated rings. The van der Waals surface area contributed by atoms with Crippen molar-refractivity contribution in [3.8, 4) is 0 Å². The lowest BCUT2D eigenvalue weighted by Gasteiger charge is -2.48. The second kappa shape index (κ2) is 7.37. The molecule has 2 aliphatic rings. The normalized spacial score (nSPS) is 33.5. The van der Waals surface area contributed by atoms with Gasteiger partial charge in [-0.25, -0.2) is 0 Å². The van der Waals surface area contributed by atoms with E-state index in [1.165, 1.54) is 11.1 Å². The smallest absolute Gasteiger partial charge is 0.192 e. The van der Waals surface area contributed by atoms with Gasteiger partial charge in [-0.05, 0) is 67.3 Å². The molecule has 0 aliphatic heterocycles. The standard InChI is InChI=1S/C24H38O3Si/c1-22(2,3)28(5,6)27-17-18-8-7-9-19(14-18)20-10-12-23(4)21(16-25)11-13-24(23,26)15-20/h7-9,14,16,20-21,26H,10-13,15,17H2,1-6H3/t20-,21+,23+,24-/m0/s1. The van der Waals surface area contributed by atoms with Crippen LogP contribution in [0.2, 0.25) is 18.1 Å². The van der Waals surface area contributed by atoms with Gasteiger partial charge in [0.25, 0.3) is 0 Å². The van der Waals surface area contributed by atoms with Gasteiger partial charge in [-0.1, -0.05) is 52.0 Å². The summed E-state index contributed by atoms with van der Waals surface area (Å²) in [5.74, 6) is 0.360. The summed E-state index contributed by atoms with van der Waals surface area (Å²) in [5, 5.41) is 11.6. The van der Waals surface area contributed by atoms with Crippen molar-refractivity contribution in [2.75, 3.05) is 0 Å². The lowest BCUT2D eigenvalue weighted by Crippen LogP contribution is -2.49. The molecule has 0 amide bonds. The summed E-state index contributed by atoms with van der Waals surface area (Å²) in [6.07, 6.45) is 5.37. The van der Waals surface area contributed by atoms with Crippen LogP contribution in [0.25, 0.3) is 0 Å². The molecule has 1 aromatic carbocycles. The summed E-state index contributed by atoms with van der Waals surface area (Å²) < 4.78 is 6.41. The highest BCUT2D eigenvalue weighted by Crippen LogP contribution is 2.60. The number of aliphatic hydroxyl groups is 1. The lowest BCUT2D eigenvalue weighted by molar-refractivity contribution is -0.128. The SMILES string of the molecule is CC(C)(C)[Si](C)(C)OCc1cccc([C@H]2CC[C@]3(C)[C@@H](C=O)CC[C@]3(O)C2)c1. The molecule has 0 unspecified atom stereocenters. The largest absolute Gasteiger partial charge is 0.413 e. The quantitative estimate of drug-likeness (QED) is 0.498. The molecule has 2 saturated carbocycles. The Kier molecular flexibility index (Phi) is 5.72. The highest BCUT2D eigenvalue weighted by Gasteiger charge is 2.58. The maximum Gasteiger partial charge on any atom is 0.192 e. The van der Waals surface area contributed by atoms with E-state index in [-0.39, 0.29) is 16.4 Å². The Balaban J connectivity index is 1.73. The van der Waals surface area contributed by atoms with Gasteiger partial charge in [0, 0.05) is 11.3 Å². The first-order chi connectivity index (χ1) is 12.9. The first kappa shape index (κ1) is 21.7. The Morgan fingerprint density at radius 3 is 2.61 bits per heavy atom. The molecule has 4 heteroatoms. The molecular formula is C24H38O3Si. The Bertz CT molecular complexity index is 723. The van der Waals surface area contributed by atoms with Crippen molar-refractivity contribution in [2.45, 2.75) is 96.1 Å². The predicted molar refractivity (Wildman–Crippen MR) is 117 cm³/mol. The Morgan fingerprint density at radius 1 is 1.25 bits per heavy atom. The van der Waals surface area contributed by atoms with E-state index in [4.69, 9.17) is 4.43 Å². The summed E-state index contributed by atoms with van der Waals surface area (Å²) in [6, 6.07) is 8.74. The van der Waals surface area contributed by atoms with Crippen molar-refractivity contribution in [3.63, 3.8) is 0 Å². The van der Waals surface area contributed by atoms with Gasteiger partial charge in [-0.2, -0.15) is 0 Å². The summed E-state index contributed by atoms with van der Waals surface area (Å²) >= 11 is 0. The molecule has 0 heterocycles. The van der Waals surface area contributed by atoms with E-state index in [1.807, 2.05) is 0 Å². The number of fused-ring (bicyclic) bond motifs is 1. The minimum Gasteiger partial charge on any atom is -0.413 e. The molecule has 0 aromatic heterocycles. The predicted octanol–water partition coefficient (Wildman–Crippen LogP) is 5.82. The minimum absolute atomic E-state index is 0.00257. The number of rotatable bonds is 5. The molecule has 3 rings (SSSR count). The maximum absolute atomic E-state index is 11.5. The van der Waals surface area contributed by atoms with Gasteiger partial charge in [0.15, 0.2) is 8.32 Å². The van der Waals surface area contributed by atoms with Crippen LogP contribution in [0.1, 0.15) is 76.8 Å². The summed E-state index contributed by atoms with van der Waals surface area (Å²) in [6.45, 7) is 14.2. The number of hydrogen-bond acceptors (Lipinski definition) is 3. The van der Waals surface area contributed by atoms with Crippen LogP contribution < -0.4 is 0 Å². The van der Waals surface area contributed by atoms with Gasteiger partial charge >= 0.3 is 0 Å². The fourth-order valence-corrected chi connectivity index (χ4v) is 5.96. The Morgan fingerprint density at radius 2 is 1.96 bits per heavy atom. The maximum atomic E-state index is 11.5. The van der Waals surface area contributed by atoms with Crippen molar-refractivity contribution in [1.82, 2.24) is 0 Å². The third kappa shape index (κ3) is 3.76. The number of benzene rings is 1. The van der Waals surface area contributed by atoms with E-state index in [2.05, 4.69) is 65.1 Å². The topological polar surface area (TPSA) is 46.5 Å². The molecule has 0 bridgehead atoms. The molecule has 156 valence electrons. The zero-order valence-corrected chi connectivity index (χ0v) is 19.5. The van der Waals surface area contributed by atoms with E-state index in [1.54, 1.807) is 0 Å². The first-order valence-corrected chi connectivity index (χ1v) is 13.7. The van der Waals surface area contributed by atoms with Crippen LogP contribution >= 0.6 is 0 Å². The molecule has 0 spiro atoms.